The molecule has 2 N–H and O–H groups in total. The fraction of sp³-hybridized carbons (Fsp3) is 0.500. The van der Waals surface area contributed by atoms with Crippen LogP contribution >= 0.6 is 12.2 Å². The molecule has 0 radical (unpaired) electrons. The summed E-state index contributed by atoms with van der Waals surface area (Å²) in [4.78, 5) is 3.84. The summed E-state index contributed by atoms with van der Waals surface area (Å²) in [5, 5.41) is 4.12. The zero-order valence-corrected chi connectivity index (χ0v) is 15.3. The number of ether oxygens (including phenoxy) is 1. The quantitative estimate of drug-likeness (QED) is 0.624. The first-order valence-electron chi connectivity index (χ1n) is 8.14. The minimum Gasteiger partial charge on any atom is -0.496 e. The second-order valence-electron chi connectivity index (χ2n) is 6.34. The van der Waals surface area contributed by atoms with Crippen LogP contribution in [0.3, 0.4) is 0 Å². The number of hydrogen-bond acceptors (Lipinski definition) is 2. The second kappa shape index (κ2) is 8.31. The first kappa shape index (κ1) is 17.8. The lowest BCUT2D eigenvalue weighted by molar-refractivity contribution is -0.917. The molecule has 0 aliphatic carbocycles. The van der Waals surface area contributed by atoms with Gasteiger partial charge in [0.05, 0.1) is 33.3 Å². The summed E-state index contributed by atoms with van der Waals surface area (Å²) in [5.74, 6) is 0.990. The van der Waals surface area contributed by atoms with Crippen molar-refractivity contribution in [2.24, 2.45) is 0 Å². The molecule has 2 rings (SSSR count). The molecule has 126 valence electrons. The zero-order chi connectivity index (χ0) is 16.8. The molecule has 0 atom stereocenters. The molecule has 1 saturated heterocycles. The van der Waals surface area contributed by atoms with Crippen LogP contribution in [0, 0.1) is 6.92 Å². The number of thiocarbonyl (C=S) groups is 1. The third kappa shape index (κ3) is 5.22. The van der Waals surface area contributed by atoms with E-state index in [1.165, 1.54) is 11.1 Å². The molecule has 4 nitrogen and oxygen atoms in total. The highest BCUT2D eigenvalue weighted by atomic mass is 32.1. The highest BCUT2D eigenvalue weighted by molar-refractivity contribution is 7.80. The Morgan fingerprint density at radius 1 is 1.39 bits per heavy atom. The van der Waals surface area contributed by atoms with Gasteiger partial charge in [-0.1, -0.05) is 23.8 Å². The van der Waals surface area contributed by atoms with Crippen LogP contribution in [-0.2, 0) is 6.54 Å². The van der Waals surface area contributed by atoms with Crippen LogP contribution in [0.5, 0.6) is 5.75 Å². The Labute approximate surface area is 145 Å². The zero-order valence-electron chi connectivity index (χ0n) is 14.4. The summed E-state index contributed by atoms with van der Waals surface area (Å²) in [5.41, 5.74) is 3.67. The van der Waals surface area contributed by atoms with E-state index in [0.717, 1.165) is 55.7 Å². The van der Waals surface area contributed by atoms with Crippen molar-refractivity contribution in [2.75, 3.05) is 39.8 Å². The Balaban J connectivity index is 1.86. The van der Waals surface area contributed by atoms with Gasteiger partial charge in [-0.15, -0.1) is 0 Å². The first-order chi connectivity index (χ1) is 11.0. The summed E-state index contributed by atoms with van der Waals surface area (Å²) in [6, 6.07) is 6.40. The molecule has 1 aliphatic rings. The van der Waals surface area contributed by atoms with Gasteiger partial charge in [0.25, 0.3) is 0 Å². The number of nitrogens with zero attached hydrogens (tertiary/aromatic N) is 1. The van der Waals surface area contributed by atoms with Crippen molar-refractivity contribution in [1.29, 1.82) is 0 Å². The molecule has 1 aliphatic heterocycles. The number of aryl methyl sites for hydroxylation is 1. The van der Waals surface area contributed by atoms with Gasteiger partial charge in [-0.25, -0.2) is 0 Å². The van der Waals surface area contributed by atoms with Crippen molar-refractivity contribution in [3.8, 4) is 5.75 Å². The Kier molecular flexibility index (Phi) is 6.42. The van der Waals surface area contributed by atoms with Crippen LogP contribution in [0.25, 0.3) is 0 Å². The molecule has 1 aromatic carbocycles. The molecule has 1 fully saturated rings. The van der Waals surface area contributed by atoms with E-state index >= 15 is 0 Å². The van der Waals surface area contributed by atoms with Gasteiger partial charge >= 0.3 is 0 Å². The maximum absolute atomic E-state index is 5.49. The molecule has 5 heteroatoms. The smallest absolute Gasteiger partial charge is 0.169 e. The maximum atomic E-state index is 5.49. The van der Waals surface area contributed by atoms with Gasteiger partial charge in [0.15, 0.2) is 5.11 Å². The van der Waals surface area contributed by atoms with Crippen molar-refractivity contribution >= 4 is 17.3 Å². The molecule has 0 saturated carbocycles. The predicted octanol–water partition coefficient (Wildman–Crippen LogP) is 1.15. The summed E-state index contributed by atoms with van der Waals surface area (Å²) in [6.07, 6.45) is 0. The normalized spacial score (nSPS) is 15.3. The second-order valence-corrected chi connectivity index (χ2v) is 6.73. The van der Waals surface area contributed by atoms with E-state index < -0.39 is 0 Å². The minimum absolute atomic E-state index is 0.756. The third-order valence-corrected chi connectivity index (χ3v) is 4.58. The lowest BCUT2D eigenvalue weighted by atomic mass is 10.1. The number of benzene rings is 1. The average Bonchev–Trinajstić information content (AvgIpc) is 2.53. The van der Waals surface area contributed by atoms with E-state index in [1.807, 2.05) is 6.92 Å². The van der Waals surface area contributed by atoms with E-state index in [1.54, 1.807) is 12.0 Å². The highest BCUT2D eigenvalue weighted by Crippen LogP contribution is 2.18. The Morgan fingerprint density at radius 3 is 2.70 bits per heavy atom. The lowest BCUT2D eigenvalue weighted by Crippen LogP contribution is -3.13. The average molecular weight is 335 g/mol. The molecule has 0 unspecified atom stereocenters. The highest BCUT2D eigenvalue weighted by Gasteiger charge is 2.22. The monoisotopic (exact) mass is 334 g/mol. The Morgan fingerprint density at radius 2 is 2.09 bits per heavy atom. The number of rotatable bonds is 5. The summed E-state index contributed by atoms with van der Waals surface area (Å²) in [7, 11) is 1.74. The van der Waals surface area contributed by atoms with Gasteiger partial charge in [0.2, 0.25) is 0 Å². The number of quaternary nitrogens is 1. The first-order valence-corrected chi connectivity index (χ1v) is 8.54. The molecule has 0 amide bonds. The molecule has 0 aromatic heterocycles. The fourth-order valence-corrected chi connectivity index (χ4v) is 3.11. The molecular formula is C18H28N3OS+. The molecule has 1 heterocycles. The minimum atomic E-state index is 0.756. The summed E-state index contributed by atoms with van der Waals surface area (Å²) in [6.45, 7) is 14.0. The Bertz CT molecular complexity index is 565. The van der Waals surface area contributed by atoms with E-state index in [4.69, 9.17) is 17.0 Å². The number of hydrogen-bond donors (Lipinski definition) is 2. The summed E-state index contributed by atoms with van der Waals surface area (Å²) >= 11 is 5.46. The molecule has 0 spiro atoms. The molecule has 0 bridgehead atoms. The predicted molar refractivity (Wildman–Crippen MR) is 99.1 cm³/mol. The van der Waals surface area contributed by atoms with Crippen molar-refractivity contribution in [2.45, 2.75) is 20.4 Å². The van der Waals surface area contributed by atoms with Crippen LogP contribution in [-0.4, -0.2) is 49.8 Å². The largest absolute Gasteiger partial charge is 0.496 e. The van der Waals surface area contributed by atoms with Gasteiger partial charge in [0.1, 0.15) is 12.3 Å². The lowest BCUT2D eigenvalue weighted by Gasteiger charge is -2.34. The van der Waals surface area contributed by atoms with Gasteiger partial charge in [-0.2, -0.15) is 0 Å². The van der Waals surface area contributed by atoms with Crippen LogP contribution in [0.1, 0.15) is 18.1 Å². The number of methoxy groups -OCH3 is 1. The van der Waals surface area contributed by atoms with Gasteiger partial charge in [-0.3, -0.25) is 0 Å². The van der Waals surface area contributed by atoms with Crippen LogP contribution in [0.4, 0.5) is 0 Å². The topological polar surface area (TPSA) is 28.9 Å². The SMILES string of the molecule is C=C(C)CNC(=S)N1CC[NH+](Cc2cc(C)ccc2OC)CC1. The van der Waals surface area contributed by atoms with Crippen LogP contribution in [0.15, 0.2) is 30.4 Å². The van der Waals surface area contributed by atoms with E-state index in [0.29, 0.717) is 0 Å². The third-order valence-electron chi connectivity index (χ3n) is 4.18. The van der Waals surface area contributed by atoms with Gasteiger partial charge in [0, 0.05) is 12.1 Å². The number of nitrogens with one attached hydrogen (secondary N) is 2. The van der Waals surface area contributed by atoms with E-state index in [2.05, 4.69) is 41.9 Å². The van der Waals surface area contributed by atoms with Crippen molar-refractivity contribution < 1.29 is 9.64 Å². The van der Waals surface area contributed by atoms with E-state index in [9.17, 15) is 0 Å². The van der Waals surface area contributed by atoms with Crippen molar-refractivity contribution in [3.05, 3.63) is 41.5 Å². The maximum Gasteiger partial charge on any atom is 0.169 e. The molecule has 23 heavy (non-hydrogen) atoms. The van der Waals surface area contributed by atoms with E-state index in [-0.39, 0.29) is 0 Å². The van der Waals surface area contributed by atoms with Crippen LogP contribution in [0.2, 0.25) is 0 Å². The Hall–Kier alpha value is -1.59. The van der Waals surface area contributed by atoms with Crippen molar-refractivity contribution in [3.63, 3.8) is 0 Å². The van der Waals surface area contributed by atoms with Crippen molar-refractivity contribution in [1.82, 2.24) is 10.2 Å². The fourth-order valence-electron chi connectivity index (χ4n) is 2.86. The van der Waals surface area contributed by atoms with Crippen LogP contribution < -0.4 is 15.0 Å². The van der Waals surface area contributed by atoms with Gasteiger partial charge in [-0.05, 0) is 38.2 Å². The summed E-state index contributed by atoms with van der Waals surface area (Å²) < 4.78 is 5.49. The standard InChI is InChI=1S/C18H27N3OS/c1-14(2)12-19-18(23)21-9-7-20(8-10-21)13-16-11-15(3)5-6-17(16)22-4/h5-6,11H,1,7-10,12-13H2,2-4H3,(H,19,23)/p+1. The molecular weight excluding hydrogens is 306 g/mol. The van der Waals surface area contributed by atoms with Gasteiger partial charge < -0.3 is 19.9 Å². The number of piperazine rings is 1. The molecule has 1 aromatic rings.